The highest BCUT2D eigenvalue weighted by Gasteiger charge is 2.37. The molecule has 4 aromatic rings. The number of nitrogens with one attached hydrogen (secondary N) is 1. The molecule has 0 saturated carbocycles. The van der Waals surface area contributed by atoms with Gasteiger partial charge in [-0.05, 0) is 60.5 Å². The summed E-state index contributed by atoms with van der Waals surface area (Å²) < 4.78 is 29.2. The molecule has 6 nitrogen and oxygen atoms in total. The van der Waals surface area contributed by atoms with Crippen LogP contribution in [0.1, 0.15) is 37.1 Å². The number of fused-ring (bicyclic) bond motifs is 3. The highest BCUT2D eigenvalue weighted by molar-refractivity contribution is 6.30. The quantitative estimate of drug-likeness (QED) is 0.266. The largest absolute Gasteiger partial charge is 0.322 e. The summed E-state index contributed by atoms with van der Waals surface area (Å²) in [6.45, 7) is 2.09. The minimum absolute atomic E-state index is 0.105. The Morgan fingerprint density at radius 3 is 2.41 bits per heavy atom. The molecule has 0 spiro atoms. The molecule has 0 saturated heterocycles. The Labute approximate surface area is 230 Å². The van der Waals surface area contributed by atoms with Crippen LogP contribution in [0, 0.1) is 11.6 Å². The number of aromatic nitrogens is 1. The summed E-state index contributed by atoms with van der Waals surface area (Å²) in [7, 11) is 0. The van der Waals surface area contributed by atoms with E-state index in [4.69, 9.17) is 11.6 Å². The summed E-state index contributed by atoms with van der Waals surface area (Å²) in [5.41, 5.74) is 3.43. The predicted octanol–water partition coefficient (Wildman–Crippen LogP) is 7.18. The molecule has 0 aliphatic carbocycles. The Kier molecular flexibility index (Phi) is 7.65. The maximum atomic E-state index is 14.1. The van der Waals surface area contributed by atoms with Gasteiger partial charge in [-0.15, -0.1) is 0 Å². The molecule has 9 heteroatoms. The van der Waals surface area contributed by atoms with Gasteiger partial charge in [0.2, 0.25) is 5.91 Å². The van der Waals surface area contributed by atoms with Gasteiger partial charge in [-0.3, -0.25) is 9.69 Å². The van der Waals surface area contributed by atoms with Gasteiger partial charge in [-0.1, -0.05) is 49.2 Å². The SMILES string of the molecule is CCCCN(CC(=O)N1c2ccccc2-n2cccc2C1c1ccc(Cl)cc1)C(=O)Nc1ccc(F)c(F)c1. The third-order valence-electron chi connectivity index (χ3n) is 6.74. The molecule has 1 atom stereocenters. The fourth-order valence-electron chi connectivity index (χ4n) is 4.84. The lowest BCUT2D eigenvalue weighted by Crippen LogP contribution is -2.48. The highest BCUT2D eigenvalue weighted by Crippen LogP contribution is 2.42. The molecule has 3 amide bonds. The molecule has 5 rings (SSSR count). The Hall–Kier alpha value is -4.17. The number of rotatable bonds is 7. The van der Waals surface area contributed by atoms with E-state index in [1.165, 1.54) is 11.0 Å². The number of halogens is 3. The normalized spacial score (nSPS) is 13.9. The molecule has 1 N–H and O–H groups in total. The van der Waals surface area contributed by atoms with Crippen LogP contribution >= 0.6 is 11.6 Å². The average Bonchev–Trinajstić information content (AvgIpc) is 3.43. The van der Waals surface area contributed by atoms with E-state index in [0.29, 0.717) is 23.7 Å². The first-order valence-corrected chi connectivity index (χ1v) is 13.1. The lowest BCUT2D eigenvalue weighted by atomic mass is 9.97. The standard InChI is InChI=1S/C30H27ClF2N4O2/c1-2-3-16-35(30(39)34-22-14-15-23(32)24(33)18-22)19-28(38)37-26-8-5-4-7-25(26)36-17-6-9-27(36)29(37)20-10-12-21(31)13-11-20/h4-15,17-18,29H,2-3,16,19H2,1H3,(H,34,39). The average molecular weight is 549 g/mol. The molecule has 0 fully saturated rings. The monoisotopic (exact) mass is 548 g/mol. The zero-order chi connectivity index (χ0) is 27.5. The summed E-state index contributed by atoms with van der Waals surface area (Å²) in [6.07, 6.45) is 3.43. The highest BCUT2D eigenvalue weighted by atomic mass is 35.5. The van der Waals surface area contributed by atoms with Crippen molar-refractivity contribution in [2.45, 2.75) is 25.8 Å². The number of carbonyl (C=O) groups is 2. The van der Waals surface area contributed by atoms with Crippen molar-refractivity contribution in [3.05, 3.63) is 113 Å². The van der Waals surface area contributed by atoms with Gasteiger partial charge in [-0.2, -0.15) is 0 Å². The molecular formula is C30H27ClF2N4O2. The molecule has 1 aliphatic heterocycles. The maximum Gasteiger partial charge on any atom is 0.322 e. The van der Waals surface area contributed by atoms with E-state index in [9.17, 15) is 18.4 Å². The summed E-state index contributed by atoms with van der Waals surface area (Å²) >= 11 is 6.17. The number of nitrogens with zero attached hydrogens (tertiary/aromatic N) is 3. The molecule has 3 aromatic carbocycles. The van der Waals surface area contributed by atoms with Crippen LogP contribution in [-0.2, 0) is 4.79 Å². The van der Waals surface area contributed by atoms with Crippen molar-refractivity contribution < 1.29 is 18.4 Å². The minimum atomic E-state index is -1.07. The van der Waals surface area contributed by atoms with Gasteiger partial charge >= 0.3 is 6.03 Å². The molecular weight excluding hydrogens is 522 g/mol. The van der Waals surface area contributed by atoms with Gasteiger partial charge in [0, 0.05) is 29.5 Å². The van der Waals surface area contributed by atoms with E-state index in [2.05, 4.69) is 9.88 Å². The number of hydrogen-bond donors (Lipinski definition) is 1. The number of urea groups is 1. The second kappa shape index (κ2) is 11.3. The summed E-state index contributed by atoms with van der Waals surface area (Å²) in [4.78, 5) is 30.5. The van der Waals surface area contributed by atoms with Gasteiger partial charge in [0.1, 0.15) is 12.6 Å². The smallest absolute Gasteiger partial charge is 0.316 e. The second-order valence-corrected chi connectivity index (χ2v) is 9.78. The first-order valence-electron chi connectivity index (χ1n) is 12.7. The Morgan fingerprint density at radius 1 is 0.949 bits per heavy atom. The third kappa shape index (κ3) is 5.38. The van der Waals surface area contributed by atoms with Crippen LogP contribution in [0.5, 0.6) is 0 Å². The van der Waals surface area contributed by atoms with Crippen LogP contribution in [0.2, 0.25) is 5.02 Å². The van der Waals surface area contributed by atoms with Crippen LogP contribution in [0.3, 0.4) is 0 Å². The summed E-state index contributed by atoms with van der Waals surface area (Å²) in [5, 5.41) is 3.18. The zero-order valence-corrected chi connectivity index (χ0v) is 22.0. The first-order chi connectivity index (χ1) is 18.9. The van der Waals surface area contributed by atoms with Gasteiger partial charge < -0.3 is 14.8 Å². The van der Waals surface area contributed by atoms with E-state index in [1.807, 2.05) is 61.7 Å². The van der Waals surface area contributed by atoms with E-state index >= 15 is 0 Å². The number of benzene rings is 3. The minimum Gasteiger partial charge on any atom is -0.316 e. The second-order valence-electron chi connectivity index (χ2n) is 9.34. The van der Waals surface area contributed by atoms with Crippen molar-refractivity contribution in [1.82, 2.24) is 9.47 Å². The molecule has 39 heavy (non-hydrogen) atoms. The number of hydrogen-bond acceptors (Lipinski definition) is 2. The van der Waals surface area contributed by atoms with Crippen LogP contribution in [0.4, 0.5) is 25.0 Å². The van der Waals surface area contributed by atoms with Gasteiger partial charge in [0.25, 0.3) is 0 Å². The Morgan fingerprint density at radius 2 is 1.69 bits per heavy atom. The predicted molar refractivity (Wildman–Crippen MR) is 148 cm³/mol. The van der Waals surface area contributed by atoms with E-state index in [-0.39, 0.29) is 18.1 Å². The van der Waals surface area contributed by atoms with Crippen molar-refractivity contribution >= 4 is 34.9 Å². The van der Waals surface area contributed by atoms with Crippen LogP contribution in [0.25, 0.3) is 5.69 Å². The van der Waals surface area contributed by atoms with Gasteiger partial charge in [0.15, 0.2) is 11.6 Å². The lowest BCUT2D eigenvalue weighted by Gasteiger charge is -2.39. The molecule has 1 aromatic heterocycles. The van der Waals surface area contributed by atoms with E-state index in [0.717, 1.165) is 35.5 Å². The van der Waals surface area contributed by atoms with Gasteiger partial charge in [0.05, 0.1) is 17.1 Å². The summed E-state index contributed by atoms with van der Waals surface area (Å²) in [5.74, 6) is -2.36. The fraction of sp³-hybridized carbons (Fsp3) is 0.200. The Balaban J connectivity index is 1.49. The van der Waals surface area contributed by atoms with Crippen molar-refractivity contribution in [3.8, 4) is 5.69 Å². The molecule has 1 aliphatic rings. The van der Waals surface area contributed by atoms with Crippen molar-refractivity contribution in [3.63, 3.8) is 0 Å². The number of carbonyl (C=O) groups excluding carboxylic acids is 2. The summed E-state index contributed by atoms with van der Waals surface area (Å²) in [6, 6.07) is 21.0. The van der Waals surface area contributed by atoms with Gasteiger partial charge in [-0.25, -0.2) is 13.6 Å². The molecule has 2 heterocycles. The Bertz CT molecular complexity index is 1510. The number of unbranched alkanes of at least 4 members (excludes halogenated alkanes) is 1. The first kappa shape index (κ1) is 26.4. The van der Waals surface area contributed by atoms with Crippen molar-refractivity contribution in [2.75, 3.05) is 23.3 Å². The van der Waals surface area contributed by atoms with Crippen LogP contribution in [0.15, 0.2) is 85.1 Å². The van der Waals surface area contributed by atoms with Crippen LogP contribution in [-0.4, -0.2) is 34.5 Å². The van der Waals surface area contributed by atoms with Crippen molar-refractivity contribution in [1.29, 1.82) is 0 Å². The number of amides is 3. The molecule has 0 bridgehead atoms. The lowest BCUT2D eigenvalue weighted by molar-refractivity contribution is -0.119. The maximum absolute atomic E-state index is 14.1. The van der Waals surface area contributed by atoms with E-state index < -0.39 is 23.7 Å². The fourth-order valence-corrected chi connectivity index (χ4v) is 4.97. The number of anilines is 2. The zero-order valence-electron chi connectivity index (χ0n) is 21.3. The number of para-hydroxylation sites is 2. The van der Waals surface area contributed by atoms with Crippen molar-refractivity contribution in [2.24, 2.45) is 0 Å². The third-order valence-corrected chi connectivity index (χ3v) is 6.99. The molecule has 200 valence electrons. The topological polar surface area (TPSA) is 57.6 Å². The molecule has 0 radical (unpaired) electrons. The van der Waals surface area contributed by atoms with E-state index in [1.54, 1.807) is 17.0 Å². The van der Waals surface area contributed by atoms with Crippen LogP contribution < -0.4 is 10.2 Å². The molecule has 1 unspecified atom stereocenters.